The molecule has 1 aromatic carbocycles. The van der Waals surface area contributed by atoms with Crippen LogP contribution in [0.15, 0.2) is 30.3 Å². The SMILES string of the molecule is N#Cc1ccc(OC2CCC(NC(=O)c3ccc(N4CCC5(CCC(=O)CC5)CC4)nn3)CC2)cc1Cl. The number of nitrogens with one attached hydrogen (secondary N) is 1. The maximum Gasteiger partial charge on any atom is 0.272 e. The van der Waals surface area contributed by atoms with Crippen LogP contribution < -0.4 is 15.0 Å². The first kappa shape index (κ1) is 25.5. The molecule has 2 aliphatic carbocycles. The van der Waals surface area contributed by atoms with Gasteiger partial charge in [-0.3, -0.25) is 9.59 Å². The lowest BCUT2D eigenvalue weighted by atomic mass is 9.68. The average Bonchev–Trinajstić information content (AvgIpc) is 2.92. The molecule has 37 heavy (non-hydrogen) atoms. The van der Waals surface area contributed by atoms with Crippen molar-refractivity contribution in [2.45, 2.75) is 76.4 Å². The second-order valence-corrected chi connectivity index (χ2v) is 11.0. The molecule has 2 saturated carbocycles. The Hall–Kier alpha value is -3.18. The Bertz CT molecular complexity index is 1170. The number of hydrogen-bond donors (Lipinski definition) is 1. The van der Waals surface area contributed by atoms with Crippen molar-refractivity contribution in [1.82, 2.24) is 15.5 Å². The van der Waals surface area contributed by atoms with Crippen LogP contribution in [0.5, 0.6) is 5.75 Å². The predicted octanol–water partition coefficient (Wildman–Crippen LogP) is 4.85. The first-order valence-electron chi connectivity index (χ1n) is 13.2. The Kier molecular flexibility index (Phi) is 7.61. The van der Waals surface area contributed by atoms with Gasteiger partial charge in [-0.15, -0.1) is 10.2 Å². The summed E-state index contributed by atoms with van der Waals surface area (Å²) in [5.41, 5.74) is 1.07. The van der Waals surface area contributed by atoms with E-state index in [9.17, 15) is 9.59 Å². The van der Waals surface area contributed by atoms with Crippen LogP contribution in [0.2, 0.25) is 5.02 Å². The van der Waals surface area contributed by atoms with E-state index >= 15 is 0 Å². The molecular weight excluding hydrogens is 490 g/mol. The number of piperidine rings is 1. The minimum Gasteiger partial charge on any atom is -0.490 e. The molecule has 3 fully saturated rings. The Morgan fingerprint density at radius 3 is 2.41 bits per heavy atom. The Morgan fingerprint density at radius 2 is 1.78 bits per heavy atom. The van der Waals surface area contributed by atoms with Gasteiger partial charge in [0.1, 0.15) is 17.6 Å². The van der Waals surface area contributed by atoms with E-state index in [4.69, 9.17) is 21.6 Å². The summed E-state index contributed by atoms with van der Waals surface area (Å²) >= 11 is 6.10. The Balaban J connectivity index is 1.07. The van der Waals surface area contributed by atoms with Crippen molar-refractivity contribution in [2.24, 2.45) is 5.41 Å². The highest BCUT2D eigenvalue weighted by molar-refractivity contribution is 6.31. The van der Waals surface area contributed by atoms with Crippen molar-refractivity contribution < 1.29 is 14.3 Å². The summed E-state index contributed by atoms with van der Waals surface area (Å²) in [6.07, 6.45) is 8.95. The summed E-state index contributed by atoms with van der Waals surface area (Å²) in [6.45, 7) is 1.82. The number of carbonyl (C=O) groups excluding carboxylic acids is 2. The van der Waals surface area contributed by atoms with Crippen molar-refractivity contribution in [3.63, 3.8) is 0 Å². The highest BCUT2D eigenvalue weighted by Gasteiger charge is 2.38. The van der Waals surface area contributed by atoms with Crippen molar-refractivity contribution in [3.05, 3.63) is 46.6 Å². The molecule has 3 aliphatic rings. The average molecular weight is 522 g/mol. The molecule has 2 heterocycles. The molecule has 5 rings (SSSR count). The molecule has 1 N–H and O–H groups in total. The standard InChI is InChI=1S/C28H32ClN5O3/c29-24-17-23(4-1-19(24)18-30)37-22-5-2-20(3-6-22)31-27(36)25-7-8-26(33-32-25)34-15-13-28(14-16-34)11-9-21(35)10-12-28/h1,4,7-8,17,20,22H,2-3,5-6,9-16H2,(H,31,36). The third-order valence-corrected chi connectivity index (χ3v) is 8.59. The largest absolute Gasteiger partial charge is 0.490 e. The first-order chi connectivity index (χ1) is 17.9. The van der Waals surface area contributed by atoms with E-state index in [0.29, 0.717) is 33.2 Å². The molecule has 1 amide bonds. The highest BCUT2D eigenvalue weighted by Crippen LogP contribution is 2.44. The minimum atomic E-state index is -0.202. The Labute approximate surface area is 222 Å². The summed E-state index contributed by atoms with van der Waals surface area (Å²) in [5, 5.41) is 21.1. The number of ether oxygens (including phenoxy) is 1. The summed E-state index contributed by atoms with van der Waals surface area (Å²) in [6, 6.07) is 10.9. The van der Waals surface area contributed by atoms with E-state index in [2.05, 4.69) is 20.4 Å². The quantitative estimate of drug-likeness (QED) is 0.599. The van der Waals surface area contributed by atoms with Crippen LogP contribution in [-0.2, 0) is 4.79 Å². The topological polar surface area (TPSA) is 108 Å². The van der Waals surface area contributed by atoms with Gasteiger partial charge in [0.25, 0.3) is 5.91 Å². The van der Waals surface area contributed by atoms with E-state index in [1.165, 1.54) is 0 Å². The van der Waals surface area contributed by atoms with Gasteiger partial charge in [0, 0.05) is 38.0 Å². The minimum absolute atomic E-state index is 0.0500. The molecule has 0 atom stereocenters. The summed E-state index contributed by atoms with van der Waals surface area (Å²) in [7, 11) is 0. The van der Waals surface area contributed by atoms with Crippen molar-refractivity contribution in [2.75, 3.05) is 18.0 Å². The number of aromatic nitrogens is 2. The van der Waals surface area contributed by atoms with Gasteiger partial charge < -0.3 is 15.0 Å². The molecule has 1 aromatic heterocycles. The molecule has 8 nitrogen and oxygen atoms in total. The molecule has 1 saturated heterocycles. The number of amides is 1. The fraction of sp³-hybridized carbons (Fsp3) is 0.536. The molecule has 0 unspecified atom stereocenters. The number of anilines is 1. The van der Waals surface area contributed by atoms with E-state index in [-0.39, 0.29) is 18.1 Å². The summed E-state index contributed by atoms with van der Waals surface area (Å²) in [4.78, 5) is 26.6. The first-order valence-corrected chi connectivity index (χ1v) is 13.6. The van der Waals surface area contributed by atoms with Crippen LogP contribution in [0.3, 0.4) is 0 Å². The van der Waals surface area contributed by atoms with Gasteiger partial charge in [-0.25, -0.2) is 0 Å². The summed E-state index contributed by atoms with van der Waals surface area (Å²) < 4.78 is 6.04. The second kappa shape index (κ2) is 11.1. The number of nitriles is 1. The normalized spacial score (nSPS) is 23.4. The van der Waals surface area contributed by atoms with Crippen LogP contribution in [-0.4, -0.2) is 47.1 Å². The summed E-state index contributed by atoms with van der Waals surface area (Å²) in [5.74, 6) is 1.66. The molecule has 0 bridgehead atoms. The zero-order valence-electron chi connectivity index (χ0n) is 20.9. The van der Waals surface area contributed by atoms with Gasteiger partial charge in [0.05, 0.1) is 16.7 Å². The molecule has 0 radical (unpaired) electrons. The van der Waals surface area contributed by atoms with Gasteiger partial charge in [0.2, 0.25) is 0 Å². The molecule has 194 valence electrons. The van der Waals surface area contributed by atoms with Crippen LogP contribution in [0.25, 0.3) is 0 Å². The van der Waals surface area contributed by atoms with Crippen molar-refractivity contribution in [1.29, 1.82) is 5.26 Å². The second-order valence-electron chi connectivity index (χ2n) is 10.6. The highest BCUT2D eigenvalue weighted by atomic mass is 35.5. The molecule has 9 heteroatoms. The maximum atomic E-state index is 12.8. The third kappa shape index (κ3) is 6.04. The van der Waals surface area contributed by atoms with Gasteiger partial charge in [-0.05, 0) is 81.0 Å². The van der Waals surface area contributed by atoms with Crippen LogP contribution in [0.1, 0.15) is 80.3 Å². The fourth-order valence-electron chi connectivity index (χ4n) is 5.82. The molecule has 1 aliphatic heterocycles. The number of halogens is 1. The molecule has 2 aromatic rings. The van der Waals surface area contributed by atoms with Crippen LogP contribution in [0.4, 0.5) is 5.82 Å². The monoisotopic (exact) mass is 521 g/mol. The lowest BCUT2D eigenvalue weighted by molar-refractivity contribution is -0.122. The van der Waals surface area contributed by atoms with E-state index in [1.54, 1.807) is 24.3 Å². The lowest BCUT2D eigenvalue weighted by Crippen LogP contribution is -2.42. The number of carbonyl (C=O) groups is 2. The fourth-order valence-corrected chi connectivity index (χ4v) is 6.03. The number of hydrogen-bond acceptors (Lipinski definition) is 7. The molecule has 1 spiro atoms. The van der Waals surface area contributed by atoms with Crippen molar-refractivity contribution in [3.8, 4) is 11.8 Å². The Morgan fingerprint density at radius 1 is 1.05 bits per heavy atom. The lowest BCUT2D eigenvalue weighted by Gasteiger charge is -2.44. The van der Waals surface area contributed by atoms with Gasteiger partial charge in [-0.2, -0.15) is 5.26 Å². The van der Waals surface area contributed by atoms with Gasteiger partial charge in [-0.1, -0.05) is 11.6 Å². The van der Waals surface area contributed by atoms with Crippen molar-refractivity contribution >= 4 is 29.1 Å². The van der Waals surface area contributed by atoms with E-state index in [1.807, 2.05) is 12.1 Å². The number of ketones is 1. The van der Waals surface area contributed by atoms with Gasteiger partial charge >= 0.3 is 0 Å². The predicted molar refractivity (Wildman–Crippen MR) is 140 cm³/mol. The van der Waals surface area contributed by atoms with E-state index in [0.717, 1.165) is 83.1 Å². The van der Waals surface area contributed by atoms with E-state index < -0.39 is 0 Å². The number of benzene rings is 1. The van der Waals surface area contributed by atoms with Gasteiger partial charge in [0.15, 0.2) is 11.5 Å². The molecular formula is C28H32ClN5O3. The zero-order valence-corrected chi connectivity index (χ0v) is 21.7. The number of nitrogens with zero attached hydrogens (tertiary/aromatic N) is 4. The maximum absolute atomic E-state index is 12.8. The zero-order chi connectivity index (χ0) is 25.8. The van der Waals surface area contributed by atoms with Crippen LogP contribution in [0, 0.1) is 16.7 Å². The smallest absolute Gasteiger partial charge is 0.272 e. The third-order valence-electron chi connectivity index (χ3n) is 8.27. The number of Topliss-reactive ketones (excluding diaryl/α,β-unsaturated/α-hetero) is 1. The van der Waals surface area contributed by atoms with Crippen LogP contribution >= 0.6 is 11.6 Å². The number of rotatable bonds is 5.